The van der Waals surface area contributed by atoms with Gasteiger partial charge in [0.15, 0.2) is 0 Å². The number of aliphatic hydroxyl groups is 1. The van der Waals surface area contributed by atoms with Gasteiger partial charge in [0.05, 0.1) is 30.0 Å². The molecule has 0 fully saturated rings. The maximum Gasteiger partial charge on any atom is 0.242 e. The number of aliphatic hydroxyl groups excluding tert-OH is 1. The van der Waals surface area contributed by atoms with Crippen molar-refractivity contribution in [1.82, 2.24) is 4.72 Å². The summed E-state index contributed by atoms with van der Waals surface area (Å²) in [5.41, 5.74) is 4.97. The predicted octanol–water partition coefficient (Wildman–Crippen LogP) is 0.347. The molecule has 19 heavy (non-hydrogen) atoms. The number of rotatable bonds is 6. The number of nitrogens with one attached hydrogen (secondary N) is 1. The first kappa shape index (κ1) is 16.1. The average molecular weight is 313 g/mol. The molecule has 0 heterocycles. The summed E-state index contributed by atoms with van der Waals surface area (Å²) in [5.74, 6) is -0.806. The normalized spacial score (nSPS) is 13.5. The molecule has 1 rings (SSSR count). The number of nitrogen functional groups attached to an aromatic ring is 1. The smallest absolute Gasteiger partial charge is 0.242 e. The van der Waals surface area contributed by atoms with Crippen molar-refractivity contribution >= 4 is 27.3 Å². The highest BCUT2D eigenvalue weighted by Gasteiger charge is 2.23. The van der Waals surface area contributed by atoms with E-state index in [0.717, 1.165) is 12.1 Å². The van der Waals surface area contributed by atoms with Crippen LogP contribution in [0.5, 0.6) is 0 Å². The maximum atomic E-state index is 13.1. The Balaban J connectivity index is 3.10. The molecular formula is C10H14ClFN2O4S. The lowest BCUT2D eigenvalue weighted by Gasteiger charge is -2.16. The van der Waals surface area contributed by atoms with Gasteiger partial charge in [-0.1, -0.05) is 11.6 Å². The summed E-state index contributed by atoms with van der Waals surface area (Å²) < 4.78 is 44.1. The molecule has 0 spiro atoms. The number of benzene rings is 1. The first-order chi connectivity index (χ1) is 8.81. The van der Waals surface area contributed by atoms with Crippen molar-refractivity contribution in [3.05, 3.63) is 23.0 Å². The quantitative estimate of drug-likeness (QED) is 0.658. The van der Waals surface area contributed by atoms with E-state index in [1.807, 2.05) is 0 Å². The van der Waals surface area contributed by atoms with E-state index in [2.05, 4.69) is 4.72 Å². The van der Waals surface area contributed by atoms with Crippen LogP contribution < -0.4 is 10.5 Å². The van der Waals surface area contributed by atoms with Crippen LogP contribution in [0.15, 0.2) is 17.0 Å². The van der Waals surface area contributed by atoms with Crippen LogP contribution in [0.1, 0.15) is 0 Å². The van der Waals surface area contributed by atoms with Crippen molar-refractivity contribution in [1.29, 1.82) is 0 Å². The van der Waals surface area contributed by atoms with Gasteiger partial charge in [0.2, 0.25) is 10.0 Å². The van der Waals surface area contributed by atoms with E-state index in [4.69, 9.17) is 27.2 Å². The Labute approximate surface area is 115 Å². The third-order valence-corrected chi connectivity index (χ3v) is 4.24. The SMILES string of the molecule is COCC(CO)NS(=O)(=O)c1cc(N)c(F)cc1Cl. The second-order valence-corrected chi connectivity index (χ2v) is 5.85. The van der Waals surface area contributed by atoms with Gasteiger partial charge in [-0.2, -0.15) is 0 Å². The van der Waals surface area contributed by atoms with Gasteiger partial charge in [-0.3, -0.25) is 0 Å². The Bertz CT molecular complexity index is 553. The van der Waals surface area contributed by atoms with Crippen LogP contribution in [-0.4, -0.2) is 39.9 Å². The minimum Gasteiger partial charge on any atom is -0.396 e. The molecule has 0 aliphatic heterocycles. The van der Waals surface area contributed by atoms with Gasteiger partial charge < -0.3 is 15.6 Å². The summed E-state index contributed by atoms with van der Waals surface area (Å²) in [6.07, 6.45) is 0. The molecule has 0 aromatic heterocycles. The van der Waals surface area contributed by atoms with Crippen molar-refractivity contribution in [3.63, 3.8) is 0 Å². The van der Waals surface area contributed by atoms with E-state index in [0.29, 0.717) is 0 Å². The fraction of sp³-hybridized carbons (Fsp3) is 0.400. The van der Waals surface area contributed by atoms with Crippen LogP contribution in [0.3, 0.4) is 0 Å². The van der Waals surface area contributed by atoms with Crippen LogP contribution in [0.4, 0.5) is 10.1 Å². The van der Waals surface area contributed by atoms with E-state index in [-0.39, 0.29) is 22.2 Å². The highest BCUT2D eigenvalue weighted by atomic mass is 35.5. The zero-order valence-corrected chi connectivity index (χ0v) is 11.6. The Morgan fingerprint density at radius 1 is 1.58 bits per heavy atom. The summed E-state index contributed by atoms with van der Waals surface area (Å²) >= 11 is 5.68. The molecule has 1 unspecified atom stereocenters. The highest BCUT2D eigenvalue weighted by molar-refractivity contribution is 7.89. The van der Waals surface area contributed by atoms with Crippen molar-refractivity contribution in [2.24, 2.45) is 0 Å². The summed E-state index contributed by atoms with van der Waals surface area (Å²) in [6.45, 7) is -0.481. The van der Waals surface area contributed by atoms with Gasteiger partial charge >= 0.3 is 0 Å². The van der Waals surface area contributed by atoms with Crippen LogP contribution in [0, 0.1) is 5.82 Å². The maximum absolute atomic E-state index is 13.1. The highest BCUT2D eigenvalue weighted by Crippen LogP contribution is 2.26. The van der Waals surface area contributed by atoms with E-state index in [1.165, 1.54) is 7.11 Å². The molecule has 1 aromatic rings. The van der Waals surface area contributed by atoms with Crippen LogP contribution in [0.25, 0.3) is 0 Å². The molecule has 0 radical (unpaired) electrons. The Morgan fingerprint density at radius 3 is 2.74 bits per heavy atom. The van der Waals surface area contributed by atoms with E-state index >= 15 is 0 Å². The van der Waals surface area contributed by atoms with Gasteiger partial charge in [0.25, 0.3) is 0 Å². The molecule has 0 bridgehead atoms. The molecule has 0 saturated carbocycles. The molecule has 1 aromatic carbocycles. The summed E-state index contributed by atoms with van der Waals surface area (Å²) in [7, 11) is -2.67. The number of methoxy groups -OCH3 is 1. The molecule has 0 amide bonds. The van der Waals surface area contributed by atoms with Gasteiger partial charge in [-0.15, -0.1) is 0 Å². The van der Waals surface area contributed by atoms with E-state index in [1.54, 1.807) is 0 Å². The second kappa shape index (κ2) is 6.49. The molecule has 1 atom stereocenters. The lowest BCUT2D eigenvalue weighted by molar-refractivity contribution is 0.139. The summed E-state index contributed by atoms with van der Waals surface area (Å²) in [6, 6.07) is 0.897. The van der Waals surface area contributed by atoms with Crippen molar-refractivity contribution in [2.75, 3.05) is 26.1 Å². The molecule has 6 nitrogen and oxygen atoms in total. The summed E-state index contributed by atoms with van der Waals surface area (Å²) in [4.78, 5) is -0.359. The Kier molecular flexibility index (Phi) is 5.50. The number of nitrogens with two attached hydrogens (primary N) is 1. The standard InChI is InChI=1S/C10H14ClFN2O4S/c1-18-5-6(4-15)14-19(16,17)10-3-9(13)8(12)2-7(10)11/h2-3,6,14-15H,4-5,13H2,1H3. The topological polar surface area (TPSA) is 102 Å². The number of halogens is 2. The molecular weight excluding hydrogens is 299 g/mol. The number of sulfonamides is 1. The Hall–Kier alpha value is -0.930. The summed E-state index contributed by atoms with van der Waals surface area (Å²) in [5, 5.41) is 8.71. The van der Waals surface area contributed by atoms with Crippen molar-refractivity contribution < 1.29 is 22.7 Å². The van der Waals surface area contributed by atoms with Crippen LogP contribution in [0.2, 0.25) is 5.02 Å². The first-order valence-corrected chi connectivity index (χ1v) is 7.04. The third-order valence-electron chi connectivity index (χ3n) is 2.25. The molecule has 9 heteroatoms. The first-order valence-electron chi connectivity index (χ1n) is 5.18. The zero-order valence-electron chi connectivity index (χ0n) is 10.1. The van der Waals surface area contributed by atoms with Crippen molar-refractivity contribution in [2.45, 2.75) is 10.9 Å². The van der Waals surface area contributed by atoms with E-state index < -0.39 is 28.5 Å². The zero-order chi connectivity index (χ0) is 14.6. The third kappa shape index (κ3) is 4.02. The van der Waals surface area contributed by atoms with Crippen LogP contribution in [-0.2, 0) is 14.8 Å². The molecule has 0 aliphatic carbocycles. The lowest BCUT2D eigenvalue weighted by Crippen LogP contribution is -2.40. The fourth-order valence-corrected chi connectivity index (χ4v) is 3.12. The van der Waals surface area contributed by atoms with Gasteiger partial charge in [-0.05, 0) is 12.1 Å². The van der Waals surface area contributed by atoms with Gasteiger partial charge in [0.1, 0.15) is 10.7 Å². The van der Waals surface area contributed by atoms with E-state index in [9.17, 15) is 12.8 Å². The number of hydrogen-bond donors (Lipinski definition) is 3. The monoisotopic (exact) mass is 312 g/mol. The second-order valence-electron chi connectivity index (χ2n) is 3.76. The molecule has 0 saturated heterocycles. The molecule has 4 N–H and O–H groups in total. The molecule has 108 valence electrons. The van der Waals surface area contributed by atoms with Gasteiger partial charge in [-0.25, -0.2) is 17.5 Å². The number of hydrogen-bond acceptors (Lipinski definition) is 5. The Morgan fingerprint density at radius 2 is 2.21 bits per heavy atom. The van der Waals surface area contributed by atoms with Crippen molar-refractivity contribution in [3.8, 4) is 0 Å². The predicted molar refractivity (Wildman–Crippen MR) is 68.9 cm³/mol. The molecule has 0 aliphatic rings. The average Bonchev–Trinajstić information content (AvgIpc) is 2.32. The number of anilines is 1. The van der Waals surface area contributed by atoms with Gasteiger partial charge in [0, 0.05) is 7.11 Å². The largest absolute Gasteiger partial charge is 0.396 e. The fourth-order valence-electron chi connectivity index (χ4n) is 1.36. The van der Waals surface area contributed by atoms with Crippen LogP contribution >= 0.6 is 11.6 Å². The minimum absolute atomic E-state index is 0.0238. The lowest BCUT2D eigenvalue weighted by atomic mass is 10.3. The number of ether oxygens (including phenoxy) is 1. The minimum atomic E-state index is -4.03.